The zero-order valence-corrected chi connectivity index (χ0v) is 13.0. The van der Waals surface area contributed by atoms with Crippen LogP contribution in [0.4, 0.5) is 0 Å². The van der Waals surface area contributed by atoms with Gasteiger partial charge in [0.05, 0.1) is 11.5 Å². The Kier molecular flexibility index (Phi) is 4.94. The quantitative estimate of drug-likeness (QED) is 0.682. The maximum atomic E-state index is 11.2. The summed E-state index contributed by atoms with van der Waals surface area (Å²) in [6, 6.07) is 4.50. The van der Waals surface area contributed by atoms with E-state index in [-0.39, 0.29) is 22.9 Å². The van der Waals surface area contributed by atoms with Crippen molar-refractivity contribution in [1.82, 2.24) is 0 Å². The van der Waals surface area contributed by atoms with Crippen molar-refractivity contribution in [3.63, 3.8) is 0 Å². The highest BCUT2D eigenvalue weighted by Crippen LogP contribution is 2.28. The molecule has 0 spiro atoms. The van der Waals surface area contributed by atoms with Gasteiger partial charge < -0.3 is 4.74 Å². The number of esters is 1. The lowest BCUT2D eigenvalue weighted by Gasteiger charge is -2.23. The van der Waals surface area contributed by atoms with Crippen LogP contribution in [0.5, 0.6) is 0 Å². The molecule has 0 heterocycles. The summed E-state index contributed by atoms with van der Waals surface area (Å²) in [6.45, 7) is 7.51. The first-order valence-electron chi connectivity index (χ1n) is 6.26. The summed E-state index contributed by atoms with van der Waals surface area (Å²) in [5, 5.41) is 0. The van der Waals surface area contributed by atoms with Crippen LogP contribution in [0.25, 0.3) is 0 Å². The van der Waals surface area contributed by atoms with Gasteiger partial charge in [0.1, 0.15) is 0 Å². The molecular formula is C14H20O5S. The molecule has 1 aromatic carbocycles. The van der Waals surface area contributed by atoms with Gasteiger partial charge >= 0.3 is 5.97 Å². The lowest BCUT2D eigenvalue weighted by atomic mass is 9.83. The average molecular weight is 300 g/mol. The molecule has 0 aliphatic heterocycles. The number of carbonyl (C=O) groups excluding carboxylic acids is 1. The first kappa shape index (κ1) is 16.7. The SMILES string of the molecule is CC(=O)OCCc1cc(S(=O)(=O)O)ccc1C(C)(C)C. The summed E-state index contributed by atoms with van der Waals surface area (Å²) in [5.74, 6) is -0.381. The Morgan fingerprint density at radius 2 is 1.90 bits per heavy atom. The molecular weight excluding hydrogens is 280 g/mol. The average Bonchev–Trinajstić information content (AvgIpc) is 2.25. The summed E-state index contributed by atoms with van der Waals surface area (Å²) in [4.78, 5) is 10.6. The van der Waals surface area contributed by atoms with E-state index in [2.05, 4.69) is 0 Å². The molecule has 0 fully saturated rings. The van der Waals surface area contributed by atoms with E-state index >= 15 is 0 Å². The number of hydrogen-bond acceptors (Lipinski definition) is 4. The molecule has 0 aliphatic rings. The van der Waals surface area contributed by atoms with Crippen molar-refractivity contribution in [1.29, 1.82) is 0 Å². The molecule has 1 rings (SSSR count). The number of ether oxygens (including phenoxy) is 1. The maximum absolute atomic E-state index is 11.2. The Morgan fingerprint density at radius 1 is 1.30 bits per heavy atom. The third-order valence-corrected chi connectivity index (χ3v) is 3.71. The first-order chi connectivity index (χ1) is 9.01. The van der Waals surface area contributed by atoms with E-state index in [4.69, 9.17) is 9.29 Å². The van der Waals surface area contributed by atoms with Gasteiger partial charge in [-0.1, -0.05) is 26.8 Å². The first-order valence-corrected chi connectivity index (χ1v) is 7.70. The Balaban J connectivity index is 3.17. The van der Waals surface area contributed by atoms with Crippen molar-refractivity contribution in [2.24, 2.45) is 0 Å². The van der Waals surface area contributed by atoms with Crippen LogP contribution in [0.1, 0.15) is 38.8 Å². The topological polar surface area (TPSA) is 80.7 Å². The van der Waals surface area contributed by atoms with Crippen LogP contribution in [0.2, 0.25) is 0 Å². The number of carbonyl (C=O) groups is 1. The molecule has 112 valence electrons. The summed E-state index contributed by atoms with van der Waals surface area (Å²) in [7, 11) is -4.24. The van der Waals surface area contributed by atoms with Crippen molar-refractivity contribution in [3.05, 3.63) is 29.3 Å². The second-order valence-electron chi connectivity index (χ2n) is 5.63. The molecule has 0 bridgehead atoms. The van der Waals surface area contributed by atoms with Crippen LogP contribution in [-0.4, -0.2) is 25.5 Å². The largest absolute Gasteiger partial charge is 0.466 e. The molecule has 6 heteroatoms. The van der Waals surface area contributed by atoms with Crippen molar-refractivity contribution in [2.75, 3.05) is 6.61 Å². The molecule has 0 saturated heterocycles. The standard InChI is InChI=1S/C14H20O5S/c1-10(15)19-8-7-11-9-12(20(16,17)18)5-6-13(11)14(2,3)4/h5-6,9H,7-8H2,1-4H3,(H,16,17,18). The third-order valence-electron chi connectivity index (χ3n) is 2.86. The van der Waals surface area contributed by atoms with Crippen LogP contribution in [0.15, 0.2) is 23.1 Å². The van der Waals surface area contributed by atoms with Crippen molar-refractivity contribution in [3.8, 4) is 0 Å². The minimum atomic E-state index is -4.24. The fourth-order valence-corrected chi connectivity index (χ4v) is 2.50. The summed E-state index contributed by atoms with van der Waals surface area (Å²) < 4.78 is 36.4. The van der Waals surface area contributed by atoms with Crippen molar-refractivity contribution < 1.29 is 22.5 Å². The minimum Gasteiger partial charge on any atom is -0.466 e. The van der Waals surface area contributed by atoms with Gasteiger partial charge in [0, 0.05) is 13.3 Å². The molecule has 1 N–H and O–H groups in total. The lowest BCUT2D eigenvalue weighted by Crippen LogP contribution is -2.16. The van der Waals surface area contributed by atoms with Gasteiger partial charge in [-0.15, -0.1) is 0 Å². The molecule has 0 amide bonds. The van der Waals surface area contributed by atoms with Crippen LogP contribution < -0.4 is 0 Å². The van der Waals surface area contributed by atoms with E-state index in [1.807, 2.05) is 20.8 Å². The highest BCUT2D eigenvalue weighted by atomic mass is 32.2. The highest BCUT2D eigenvalue weighted by Gasteiger charge is 2.20. The highest BCUT2D eigenvalue weighted by molar-refractivity contribution is 7.85. The molecule has 0 atom stereocenters. The summed E-state index contributed by atoms with van der Waals surface area (Å²) in [6.07, 6.45) is 0.398. The van der Waals surface area contributed by atoms with E-state index in [1.54, 1.807) is 6.07 Å². The van der Waals surface area contributed by atoms with Gasteiger partial charge in [0.2, 0.25) is 0 Å². The third kappa shape index (κ3) is 4.61. The van der Waals surface area contributed by atoms with Gasteiger partial charge in [-0.3, -0.25) is 9.35 Å². The number of hydrogen-bond donors (Lipinski definition) is 1. The minimum absolute atomic E-state index is 0.150. The second kappa shape index (κ2) is 5.93. The lowest BCUT2D eigenvalue weighted by molar-refractivity contribution is -0.140. The fourth-order valence-electron chi connectivity index (χ4n) is 1.97. The summed E-state index contributed by atoms with van der Waals surface area (Å²) >= 11 is 0. The van der Waals surface area contributed by atoms with Gasteiger partial charge in [-0.25, -0.2) is 0 Å². The summed E-state index contributed by atoms with van der Waals surface area (Å²) in [5.41, 5.74) is 1.52. The Bertz CT molecular complexity index is 596. The zero-order chi connectivity index (χ0) is 15.6. The van der Waals surface area contributed by atoms with Gasteiger partial charge in [-0.05, 0) is 28.7 Å². The van der Waals surface area contributed by atoms with Gasteiger partial charge in [0.15, 0.2) is 0 Å². The van der Waals surface area contributed by atoms with Crippen molar-refractivity contribution in [2.45, 2.75) is 44.4 Å². The molecule has 0 saturated carbocycles. The van der Waals surface area contributed by atoms with Crippen LogP contribution in [-0.2, 0) is 31.5 Å². The number of rotatable bonds is 4. The van der Waals surface area contributed by atoms with Gasteiger partial charge in [-0.2, -0.15) is 8.42 Å². The molecule has 0 aliphatic carbocycles. The maximum Gasteiger partial charge on any atom is 0.302 e. The normalized spacial score (nSPS) is 12.2. The molecule has 1 aromatic rings. The molecule has 20 heavy (non-hydrogen) atoms. The van der Waals surface area contributed by atoms with E-state index in [0.29, 0.717) is 6.42 Å². The van der Waals surface area contributed by atoms with Crippen molar-refractivity contribution >= 4 is 16.1 Å². The monoisotopic (exact) mass is 300 g/mol. The smallest absolute Gasteiger partial charge is 0.302 e. The van der Waals surface area contributed by atoms with Crippen LogP contribution in [0.3, 0.4) is 0 Å². The van der Waals surface area contributed by atoms with E-state index in [9.17, 15) is 13.2 Å². The molecule has 0 radical (unpaired) electrons. The second-order valence-corrected chi connectivity index (χ2v) is 7.06. The van der Waals surface area contributed by atoms with E-state index < -0.39 is 10.1 Å². The Labute approximate surface area is 119 Å². The Morgan fingerprint density at radius 3 is 2.35 bits per heavy atom. The zero-order valence-electron chi connectivity index (χ0n) is 12.1. The van der Waals surface area contributed by atoms with Gasteiger partial charge in [0.25, 0.3) is 10.1 Å². The van der Waals surface area contributed by atoms with Crippen LogP contribution >= 0.6 is 0 Å². The predicted octanol–water partition coefficient (Wildman–Crippen LogP) is 2.34. The molecule has 0 unspecified atom stereocenters. The molecule has 0 aromatic heterocycles. The van der Waals surface area contributed by atoms with Crippen LogP contribution in [0, 0.1) is 0 Å². The predicted molar refractivity (Wildman–Crippen MR) is 75.3 cm³/mol. The van der Waals surface area contributed by atoms with E-state index in [0.717, 1.165) is 11.1 Å². The Hall–Kier alpha value is -1.40. The van der Waals surface area contributed by atoms with E-state index in [1.165, 1.54) is 19.1 Å². The number of benzene rings is 1. The molecule has 5 nitrogen and oxygen atoms in total. The fraction of sp³-hybridized carbons (Fsp3) is 0.500.